The van der Waals surface area contributed by atoms with Gasteiger partial charge in [-0.05, 0) is 41.9 Å². The van der Waals surface area contributed by atoms with Gasteiger partial charge in [0.15, 0.2) is 0 Å². The number of benzene rings is 3. The predicted octanol–water partition coefficient (Wildman–Crippen LogP) is 5.94. The average Bonchev–Trinajstić information content (AvgIpc) is 2.70. The molecule has 2 unspecified atom stereocenters. The first kappa shape index (κ1) is 19.5. The number of aromatic hydroxyl groups is 1. The molecule has 0 saturated carbocycles. The monoisotopic (exact) mass is 377 g/mol. The summed E-state index contributed by atoms with van der Waals surface area (Å²) in [6, 6.07) is 25.0. The Morgan fingerprint density at radius 3 is 2.37 bits per heavy atom. The summed E-state index contributed by atoms with van der Waals surface area (Å²) in [6.45, 7) is 7.24. The van der Waals surface area contributed by atoms with Crippen molar-refractivity contribution in [1.82, 2.24) is 0 Å². The Morgan fingerprint density at radius 2 is 1.63 bits per heavy atom. The fourth-order valence-electron chi connectivity index (χ4n) is 3.30. The van der Waals surface area contributed by atoms with Crippen molar-refractivity contribution in [3.8, 4) is 5.75 Å². The van der Waals surface area contributed by atoms with Gasteiger partial charge in [0.2, 0.25) is 0 Å². The zero-order valence-electron chi connectivity index (χ0n) is 16.3. The smallest absolute Gasteiger partial charge is 0.122 e. The summed E-state index contributed by atoms with van der Waals surface area (Å²) in [5.41, 5.74) is 4.43. The third-order valence-electron chi connectivity index (χ3n) is 5.22. The number of hydrogen-bond donors (Lipinski definition) is 2. The average molecular weight is 377 g/mol. The number of rotatable bonds is 7. The molecule has 2 N–H and O–H groups in total. The van der Waals surface area contributed by atoms with Crippen molar-refractivity contribution >= 4 is 19.6 Å². The highest BCUT2D eigenvalue weighted by atomic mass is 31.1. The van der Waals surface area contributed by atoms with Gasteiger partial charge in [-0.1, -0.05) is 83.1 Å². The summed E-state index contributed by atoms with van der Waals surface area (Å²) < 4.78 is 0. The maximum Gasteiger partial charge on any atom is 0.122 e. The molecule has 0 aliphatic carbocycles. The second kappa shape index (κ2) is 8.59. The minimum Gasteiger partial charge on any atom is -0.507 e. The van der Waals surface area contributed by atoms with Gasteiger partial charge in [0.1, 0.15) is 5.75 Å². The van der Waals surface area contributed by atoms with Crippen molar-refractivity contribution in [2.45, 2.75) is 38.9 Å². The topological polar surface area (TPSA) is 32.3 Å². The van der Waals surface area contributed by atoms with E-state index in [2.05, 4.69) is 61.6 Å². The predicted molar refractivity (Wildman–Crippen MR) is 119 cm³/mol. The van der Waals surface area contributed by atoms with E-state index in [9.17, 15) is 5.11 Å². The Kier molecular flexibility index (Phi) is 6.19. The van der Waals surface area contributed by atoms with Crippen LogP contribution in [0.3, 0.4) is 0 Å². The second-order valence-corrected chi connectivity index (χ2v) is 9.05. The van der Waals surface area contributed by atoms with Crippen LogP contribution in [0.5, 0.6) is 5.75 Å². The van der Waals surface area contributed by atoms with Gasteiger partial charge in [-0.15, -0.1) is 0 Å². The van der Waals surface area contributed by atoms with Crippen molar-refractivity contribution in [3.05, 3.63) is 89.5 Å². The molecule has 3 rings (SSSR count). The Labute approximate surface area is 164 Å². The van der Waals surface area contributed by atoms with E-state index in [0.29, 0.717) is 14.3 Å². The molecule has 3 heteroatoms. The Bertz CT molecular complexity index is 894. The molecule has 0 radical (unpaired) electrons. The molecule has 0 bridgehead atoms. The van der Waals surface area contributed by atoms with E-state index >= 15 is 0 Å². The fourth-order valence-corrected chi connectivity index (χ4v) is 4.92. The molecule has 0 heterocycles. The molecular formula is C24H28NOP. The Balaban J connectivity index is 1.86. The maximum absolute atomic E-state index is 10.7. The standard InChI is InChI=1S/C24H28NOP/c1-4-24(3,21-15-10-11-18(2)23(21)26)27-22-16-9-8-12-19(22)17-25-20-13-6-5-7-14-20/h5-16,25-27H,4,17H2,1-3H3. The molecule has 0 aromatic heterocycles. The number of aryl methyl sites for hydroxylation is 1. The van der Waals surface area contributed by atoms with Gasteiger partial charge in [-0.3, -0.25) is 0 Å². The molecule has 140 valence electrons. The van der Waals surface area contributed by atoms with Crippen LogP contribution in [-0.4, -0.2) is 5.11 Å². The minimum atomic E-state index is -0.0844. The molecule has 0 saturated heterocycles. The Hall–Kier alpha value is -2.31. The summed E-state index contributed by atoms with van der Waals surface area (Å²) in [5, 5.41) is 15.4. The first-order valence-corrected chi connectivity index (χ1v) is 10.5. The molecule has 2 nitrogen and oxygen atoms in total. The minimum absolute atomic E-state index is 0.0844. The van der Waals surface area contributed by atoms with Crippen molar-refractivity contribution < 1.29 is 5.11 Å². The van der Waals surface area contributed by atoms with Crippen LogP contribution in [-0.2, 0) is 11.7 Å². The van der Waals surface area contributed by atoms with Crippen LogP contribution in [0.1, 0.15) is 37.0 Å². The molecule has 27 heavy (non-hydrogen) atoms. The second-order valence-electron chi connectivity index (χ2n) is 7.16. The van der Waals surface area contributed by atoms with Crippen molar-refractivity contribution in [2.24, 2.45) is 0 Å². The molecule has 0 fully saturated rings. The van der Waals surface area contributed by atoms with E-state index in [4.69, 9.17) is 0 Å². The normalized spacial score (nSPS) is 13.6. The molecule has 2 atom stereocenters. The number of anilines is 1. The first-order valence-electron chi connectivity index (χ1n) is 9.47. The third kappa shape index (κ3) is 4.51. The highest BCUT2D eigenvalue weighted by Gasteiger charge is 2.29. The van der Waals surface area contributed by atoms with Crippen LogP contribution >= 0.6 is 8.58 Å². The highest BCUT2D eigenvalue weighted by molar-refractivity contribution is 7.48. The van der Waals surface area contributed by atoms with E-state index in [1.54, 1.807) is 0 Å². The third-order valence-corrected chi connectivity index (χ3v) is 7.16. The van der Waals surface area contributed by atoms with Crippen LogP contribution < -0.4 is 10.6 Å². The number of phenols is 1. The van der Waals surface area contributed by atoms with Crippen molar-refractivity contribution in [3.63, 3.8) is 0 Å². The SMILES string of the molecule is CCC(C)(Pc1ccccc1CNc1ccccc1)c1cccc(C)c1O. The maximum atomic E-state index is 10.7. The zero-order valence-corrected chi connectivity index (χ0v) is 17.3. The highest BCUT2D eigenvalue weighted by Crippen LogP contribution is 2.47. The molecule has 0 aliphatic rings. The van der Waals surface area contributed by atoms with Crippen LogP contribution in [0.15, 0.2) is 72.8 Å². The van der Waals surface area contributed by atoms with Gasteiger partial charge in [0.25, 0.3) is 0 Å². The Morgan fingerprint density at radius 1 is 0.926 bits per heavy atom. The molecule has 3 aromatic carbocycles. The lowest BCUT2D eigenvalue weighted by atomic mass is 9.94. The summed E-state index contributed by atoms with van der Waals surface area (Å²) in [4.78, 5) is 0. The summed E-state index contributed by atoms with van der Waals surface area (Å²) in [6.07, 6.45) is 0.975. The van der Waals surface area contributed by atoms with Gasteiger partial charge in [0.05, 0.1) is 0 Å². The first-order chi connectivity index (χ1) is 13.0. The van der Waals surface area contributed by atoms with Gasteiger partial charge in [-0.25, -0.2) is 0 Å². The molecular weight excluding hydrogens is 349 g/mol. The molecule has 0 aliphatic heterocycles. The van der Waals surface area contributed by atoms with Crippen molar-refractivity contribution in [2.75, 3.05) is 5.32 Å². The quantitative estimate of drug-likeness (QED) is 0.499. The van der Waals surface area contributed by atoms with Gasteiger partial charge in [-0.2, -0.15) is 0 Å². The largest absolute Gasteiger partial charge is 0.507 e. The van der Waals surface area contributed by atoms with E-state index in [1.807, 2.05) is 37.3 Å². The van der Waals surface area contributed by atoms with Crippen LogP contribution in [0.4, 0.5) is 5.69 Å². The van der Waals surface area contributed by atoms with E-state index in [1.165, 1.54) is 10.9 Å². The van der Waals surface area contributed by atoms with Crippen molar-refractivity contribution in [1.29, 1.82) is 0 Å². The van der Waals surface area contributed by atoms with E-state index < -0.39 is 0 Å². The summed E-state index contributed by atoms with van der Waals surface area (Å²) >= 11 is 0. The van der Waals surface area contributed by atoms with E-state index in [-0.39, 0.29) is 5.16 Å². The number of phenolic OH excluding ortho intramolecular Hbond substituents is 1. The number of hydrogen-bond acceptors (Lipinski definition) is 2. The lowest BCUT2D eigenvalue weighted by Crippen LogP contribution is -2.21. The van der Waals surface area contributed by atoms with Gasteiger partial charge in [0, 0.05) is 23.0 Å². The molecule has 0 spiro atoms. The number of para-hydroxylation sites is 2. The van der Waals surface area contributed by atoms with Crippen LogP contribution in [0, 0.1) is 6.92 Å². The lowest BCUT2D eigenvalue weighted by molar-refractivity contribution is 0.452. The zero-order chi connectivity index (χ0) is 19.3. The van der Waals surface area contributed by atoms with Gasteiger partial charge >= 0.3 is 0 Å². The molecule has 0 amide bonds. The van der Waals surface area contributed by atoms with Gasteiger partial charge < -0.3 is 10.4 Å². The number of nitrogens with one attached hydrogen (secondary N) is 1. The van der Waals surface area contributed by atoms with E-state index in [0.717, 1.165) is 29.8 Å². The van der Waals surface area contributed by atoms with Crippen LogP contribution in [0.2, 0.25) is 0 Å². The summed E-state index contributed by atoms with van der Waals surface area (Å²) in [5.74, 6) is 0.439. The van der Waals surface area contributed by atoms with Crippen LogP contribution in [0.25, 0.3) is 0 Å². The lowest BCUT2D eigenvalue weighted by Gasteiger charge is -2.31. The fraction of sp³-hybridized carbons (Fsp3) is 0.250. The molecule has 3 aromatic rings. The summed E-state index contributed by atoms with van der Waals surface area (Å²) in [7, 11) is 0.585.